The monoisotopic (exact) mass is 1040 g/mol. The molecule has 4 aromatic rings. The Balaban J connectivity index is 1.44. The van der Waals surface area contributed by atoms with Gasteiger partial charge in [0.15, 0.2) is 29.9 Å². The molecule has 19 nitrogen and oxygen atoms in total. The number of aliphatic imine (C=N–C) groups is 1. The molecule has 0 amide bonds. The third-order valence-electron chi connectivity index (χ3n) is 14.8. The minimum absolute atomic E-state index is 0.0522. The number of aromatic hydroxyl groups is 1. The Morgan fingerprint density at radius 3 is 2.42 bits per heavy atom. The van der Waals surface area contributed by atoms with Crippen LogP contribution in [0.3, 0.4) is 0 Å². The van der Waals surface area contributed by atoms with Gasteiger partial charge in [-0.2, -0.15) is 0 Å². The summed E-state index contributed by atoms with van der Waals surface area (Å²) in [7, 11) is 0. The minimum atomic E-state index is -3.11. The number of ketones is 2. The molecule has 1 saturated heterocycles. The van der Waals surface area contributed by atoms with E-state index in [2.05, 4.69) is 16.8 Å². The molecular weight excluding hydrogens is 981 g/mol. The van der Waals surface area contributed by atoms with Crippen LogP contribution >= 0.6 is 0 Å². The number of fused-ring (bicyclic) bond motifs is 2. The zero-order valence-electron chi connectivity index (χ0n) is 42.5. The van der Waals surface area contributed by atoms with Crippen LogP contribution in [0.5, 0.6) is 17.2 Å². The number of guanidine groups is 1. The molecule has 402 valence electrons. The van der Waals surface area contributed by atoms with E-state index in [-0.39, 0.29) is 94.5 Å². The van der Waals surface area contributed by atoms with E-state index in [0.717, 1.165) is 18.9 Å². The summed E-state index contributed by atoms with van der Waals surface area (Å²) in [5, 5.41) is 81.4. The fourth-order valence-electron chi connectivity index (χ4n) is 10.9. The van der Waals surface area contributed by atoms with Crippen molar-refractivity contribution in [3.8, 4) is 29.1 Å². The minimum Gasteiger partial charge on any atom is -0.507 e. The molecule has 1 heterocycles. The van der Waals surface area contributed by atoms with Gasteiger partial charge in [-0.3, -0.25) is 24.2 Å². The predicted molar refractivity (Wildman–Crippen MR) is 277 cm³/mol. The van der Waals surface area contributed by atoms with Crippen molar-refractivity contribution in [3.05, 3.63) is 121 Å². The van der Waals surface area contributed by atoms with Crippen LogP contribution in [0.25, 0.3) is 12.2 Å². The number of nitrogens with zero attached hydrogens (tertiary/aromatic N) is 1. The molecule has 0 radical (unpaired) electrons. The molecule has 13 N–H and O–H groups in total. The summed E-state index contributed by atoms with van der Waals surface area (Å²) in [6.45, 7) is 3.06. The van der Waals surface area contributed by atoms with Gasteiger partial charge < -0.3 is 71.9 Å². The first-order valence-corrected chi connectivity index (χ1v) is 25.3. The molecule has 1 aliphatic heterocycles. The average Bonchev–Trinajstić information content (AvgIpc) is 3.78. The lowest BCUT2D eigenvalue weighted by Gasteiger charge is -2.46. The van der Waals surface area contributed by atoms with Crippen molar-refractivity contribution in [1.82, 2.24) is 0 Å². The van der Waals surface area contributed by atoms with Gasteiger partial charge in [0.25, 0.3) is 0 Å². The van der Waals surface area contributed by atoms with Crippen LogP contribution in [0, 0.1) is 17.8 Å². The number of phenols is 1. The smallest absolute Gasteiger partial charge is 0.308 e. The summed E-state index contributed by atoms with van der Waals surface area (Å²) in [4.78, 5) is 61.4. The number of rotatable bonds is 13. The van der Waals surface area contributed by atoms with E-state index >= 15 is 9.59 Å². The Morgan fingerprint density at radius 1 is 0.974 bits per heavy atom. The standard InChI is InChI=1S/C57H64N4O15/c1-4-31-18-19-56(70,26-31)42-13-6-10-34(41(42)28-63)24-40-48(66)47-46-39(51(40)76-54-53(73-21-20-61-55(59)60)57(71,72)52(69)29(2)74-54)12-7-11-36(58)15-16-37(65)23-33-9-5-8-32(22-33)14-17-38-43(75-30(3)64)25-35(27-62)44(49(47)67)45(38)50(46)68/h5-6,8-10,13-14,17,22,25,28-29,31,36-37,52-54,62,65-66,69-72H,4,12,15-16,18-21,23-24,26-27,58H2,1-3H3,(H4,59,60,61)/b17-14+/t29-,31-,36-,37+,52+,53-,54+,56-/m0/s1. The van der Waals surface area contributed by atoms with Crippen LogP contribution in [-0.4, -0.2) is 121 Å². The first-order valence-electron chi connectivity index (χ1n) is 25.3. The maximum atomic E-state index is 15.9. The van der Waals surface area contributed by atoms with Crippen LogP contribution < -0.4 is 26.7 Å². The molecule has 8 rings (SSSR count). The van der Waals surface area contributed by atoms with Gasteiger partial charge in [0.05, 0.1) is 49.2 Å². The van der Waals surface area contributed by atoms with Gasteiger partial charge >= 0.3 is 5.97 Å². The number of phenolic OH excluding ortho intramolecular Hbond substituents is 1. The molecular formula is C57H64N4O15. The third kappa shape index (κ3) is 11.0. The van der Waals surface area contributed by atoms with Gasteiger partial charge in [0.2, 0.25) is 12.1 Å². The zero-order valence-corrected chi connectivity index (χ0v) is 42.5. The lowest BCUT2D eigenvalue weighted by atomic mass is 9.75. The fourth-order valence-corrected chi connectivity index (χ4v) is 10.9. The van der Waals surface area contributed by atoms with Crippen molar-refractivity contribution >= 4 is 41.9 Å². The number of aliphatic hydroxyl groups excluding tert-OH is 3. The number of benzene rings is 4. The summed E-state index contributed by atoms with van der Waals surface area (Å²) in [6.07, 6.45) is -2.36. The molecule has 4 aromatic carbocycles. The van der Waals surface area contributed by atoms with Crippen molar-refractivity contribution in [1.29, 1.82) is 0 Å². The number of ether oxygens (including phenoxy) is 4. The molecule has 76 heavy (non-hydrogen) atoms. The van der Waals surface area contributed by atoms with Crippen LogP contribution in [0.15, 0.2) is 53.5 Å². The number of nitrogens with two attached hydrogens (primary N) is 3. The number of aliphatic hydroxyl groups is 6. The first-order chi connectivity index (χ1) is 36.2. The molecule has 4 aliphatic rings. The quantitative estimate of drug-likeness (QED) is 0.0118. The molecule has 8 atom stereocenters. The van der Waals surface area contributed by atoms with E-state index in [1.807, 2.05) is 19.1 Å². The number of hydrogen-bond donors (Lipinski definition) is 10. The summed E-state index contributed by atoms with van der Waals surface area (Å²) < 4.78 is 24.4. The molecule has 19 heteroatoms. The molecule has 0 unspecified atom stereocenters. The lowest BCUT2D eigenvalue weighted by Crippen LogP contribution is -2.67. The molecule has 0 aromatic heterocycles. The largest absolute Gasteiger partial charge is 0.507 e. The van der Waals surface area contributed by atoms with Gasteiger partial charge in [-0.25, -0.2) is 0 Å². The number of carbonyl (C=O) groups excluding carboxylic acids is 4. The Hall–Kier alpha value is -6.83. The third-order valence-corrected chi connectivity index (χ3v) is 14.8. The highest BCUT2D eigenvalue weighted by molar-refractivity contribution is 6.32. The zero-order chi connectivity index (χ0) is 54.8. The van der Waals surface area contributed by atoms with E-state index in [1.54, 1.807) is 36.4 Å². The summed E-state index contributed by atoms with van der Waals surface area (Å²) >= 11 is 0. The van der Waals surface area contributed by atoms with Crippen molar-refractivity contribution in [2.75, 3.05) is 13.2 Å². The Labute approximate surface area is 439 Å². The number of aldehydes is 1. The maximum Gasteiger partial charge on any atom is 0.308 e. The SMILES string of the molecule is CC[C@H]1CC[C@@](O)(c2cccc(Cc3c(O)c4c5c(c3O[C@H]3O[C@@H](C)[C@@H](O)C(O)(O)[C@H]3OCCN=C(N)N)CC#C[C@H](N)CC[C@@H](O)Cc3cccc(c3)/C=C/c3c(OC(C)=O)cc(CO)c(c3C5=O)C4=O)c2C=O)C1. The van der Waals surface area contributed by atoms with Gasteiger partial charge in [0, 0.05) is 58.7 Å². The van der Waals surface area contributed by atoms with Crippen LogP contribution in [-0.2, 0) is 45.7 Å². The summed E-state index contributed by atoms with van der Waals surface area (Å²) in [6, 6.07) is 12.5. The van der Waals surface area contributed by atoms with E-state index in [0.29, 0.717) is 36.7 Å². The number of carbonyl (C=O) groups is 4. The highest BCUT2D eigenvalue weighted by Crippen LogP contribution is 2.50. The van der Waals surface area contributed by atoms with Gasteiger partial charge in [-0.1, -0.05) is 73.7 Å². The normalized spacial score (nSPS) is 25.3. The fraction of sp³-hybridized carbons (Fsp3) is 0.421. The Bertz CT molecular complexity index is 3060. The number of hydrogen-bond acceptors (Lipinski definition) is 17. The van der Waals surface area contributed by atoms with Gasteiger partial charge in [-0.15, -0.1) is 0 Å². The van der Waals surface area contributed by atoms with Crippen molar-refractivity contribution in [2.45, 2.75) is 133 Å². The maximum absolute atomic E-state index is 15.9. The Morgan fingerprint density at radius 2 is 1.72 bits per heavy atom. The lowest BCUT2D eigenvalue weighted by molar-refractivity contribution is -0.378. The van der Waals surface area contributed by atoms with Crippen molar-refractivity contribution in [3.63, 3.8) is 0 Å². The predicted octanol–water partition coefficient (Wildman–Crippen LogP) is 2.95. The molecule has 4 bridgehead atoms. The second-order valence-corrected chi connectivity index (χ2v) is 20.0. The topological polar surface area (TPSA) is 337 Å². The van der Waals surface area contributed by atoms with E-state index in [4.69, 9.17) is 36.1 Å². The summed E-state index contributed by atoms with van der Waals surface area (Å²) in [5.74, 6) is -1.31. The van der Waals surface area contributed by atoms with Crippen LogP contribution in [0.2, 0.25) is 0 Å². The van der Waals surface area contributed by atoms with Crippen LogP contribution in [0.4, 0.5) is 0 Å². The van der Waals surface area contributed by atoms with Crippen molar-refractivity contribution in [2.24, 2.45) is 28.1 Å². The Kier molecular flexibility index (Phi) is 16.6. The molecule has 3 aliphatic carbocycles. The average molecular weight is 1050 g/mol. The second kappa shape index (κ2) is 22.8. The van der Waals surface area contributed by atoms with E-state index < -0.39 is 108 Å². The molecule has 0 spiro atoms. The van der Waals surface area contributed by atoms with Crippen LogP contribution in [0.1, 0.15) is 146 Å². The van der Waals surface area contributed by atoms with E-state index in [9.17, 15) is 45.3 Å². The van der Waals surface area contributed by atoms with Crippen molar-refractivity contribution < 1.29 is 73.9 Å². The van der Waals surface area contributed by atoms with Gasteiger partial charge in [-0.05, 0) is 91.3 Å². The molecule has 1 saturated carbocycles. The summed E-state index contributed by atoms with van der Waals surface area (Å²) in [5.41, 5.74) is 16.0. The van der Waals surface area contributed by atoms with Gasteiger partial charge in [0.1, 0.15) is 23.4 Å². The second-order valence-electron chi connectivity index (χ2n) is 20.0. The first kappa shape index (κ1) is 55.4. The number of esters is 1. The highest BCUT2D eigenvalue weighted by Gasteiger charge is 2.56. The highest BCUT2D eigenvalue weighted by atomic mass is 16.7. The molecule has 2 fully saturated rings. The van der Waals surface area contributed by atoms with E-state index in [1.165, 1.54) is 19.1 Å².